The molecule has 3 heteroatoms. The van der Waals surface area contributed by atoms with Crippen molar-refractivity contribution in [3.63, 3.8) is 0 Å². The molecule has 0 saturated heterocycles. The predicted molar refractivity (Wildman–Crippen MR) is 30.3 cm³/mol. The highest BCUT2D eigenvalue weighted by Crippen LogP contribution is 1.86. The highest BCUT2D eigenvalue weighted by molar-refractivity contribution is 5.70. The van der Waals surface area contributed by atoms with Gasteiger partial charge in [-0.1, -0.05) is 13.8 Å². The summed E-state index contributed by atoms with van der Waals surface area (Å²) in [6, 6.07) is -0.821. The number of nitrogens with one attached hydrogen (secondary N) is 1. The second kappa shape index (κ2) is 3.29. The molecule has 46 valence electrons. The average molecular weight is 114 g/mol. The molecule has 0 spiro atoms. The Labute approximate surface area is 49.3 Å². The van der Waals surface area contributed by atoms with Crippen LogP contribution in [0.25, 0.3) is 0 Å². The number of amides is 2. The van der Waals surface area contributed by atoms with Gasteiger partial charge in [0.25, 0.3) is 0 Å². The summed E-state index contributed by atoms with van der Waals surface area (Å²) in [4.78, 5) is 9.85. The Morgan fingerprint density at radius 1 is 1.75 bits per heavy atom. The number of hydrogen-bond donors (Lipinski definition) is 0. The van der Waals surface area contributed by atoms with Crippen LogP contribution in [0.5, 0.6) is 0 Å². The van der Waals surface area contributed by atoms with E-state index in [1.807, 2.05) is 13.8 Å². The SMILES string of the molecule is CC(C)C[N]C([NH])=O. The maximum Gasteiger partial charge on any atom is 0.355 e. The van der Waals surface area contributed by atoms with Crippen LogP contribution in [-0.2, 0) is 0 Å². The molecule has 0 fully saturated rings. The molecular formula is C5H10N2O. The molecule has 0 unspecified atom stereocenters. The van der Waals surface area contributed by atoms with Gasteiger partial charge in [-0.3, -0.25) is 0 Å². The number of nitrogens with zero attached hydrogens (tertiary/aromatic N) is 1. The van der Waals surface area contributed by atoms with Gasteiger partial charge in [0.1, 0.15) is 0 Å². The second-order valence-corrected chi connectivity index (χ2v) is 2.04. The minimum Gasteiger partial charge on any atom is -0.246 e. The Morgan fingerprint density at radius 3 is 2.38 bits per heavy atom. The Morgan fingerprint density at radius 2 is 2.25 bits per heavy atom. The first-order valence-electron chi connectivity index (χ1n) is 2.56. The molecule has 0 rings (SSSR count). The maximum atomic E-state index is 9.85. The van der Waals surface area contributed by atoms with Crippen molar-refractivity contribution in [1.82, 2.24) is 11.1 Å². The number of urea groups is 1. The molecule has 0 aliphatic heterocycles. The molecule has 0 saturated carbocycles. The van der Waals surface area contributed by atoms with Crippen LogP contribution >= 0.6 is 0 Å². The van der Waals surface area contributed by atoms with E-state index in [4.69, 9.17) is 5.73 Å². The largest absolute Gasteiger partial charge is 0.355 e. The van der Waals surface area contributed by atoms with Crippen LogP contribution in [0.4, 0.5) is 4.79 Å². The van der Waals surface area contributed by atoms with Gasteiger partial charge in [0.05, 0.1) is 0 Å². The summed E-state index contributed by atoms with van der Waals surface area (Å²) in [5, 5.41) is 3.35. The summed E-state index contributed by atoms with van der Waals surface area (Å²) in [6.45, 7) is 4.38. The Kier molecular flexibility index (Phi) is 2.99. The van der Waals surface area contributed by atoms with Gasteiger partial charge in [0, 0.05) is 6.54 Å². The molecule has 2 radical (unpaired) electrons. The van der Waals surface area contributed by atoms with E-state index in [0.717, 1.165) is 0 Å². The highest BCUT2D eigenvalue weighted by Gasteiger charge is 1.96. The van der Waals surface area contributed by atoms with Gasteiger partial charge in [-0.15, -0.1) is 0 Å². The van der Waals surface area contributed by atoms with Crippen molar-refractivity contribution in [1.29, 1.82) is 0 Å². The molecule has 8 heavy (non-hydrogen) atoms. The minimum atomic E-state index is -0.821. The zero-order chi connectivity index (χ0) is 6.57. The van der Waals surface area contributed by atoms with Crippen molar-refractivity contribution in [3.8, 4) is 0 Å². The third kappa shape index (κ3) is 5.27. The van der Waals surface area contributed by atoms with Crippen molar-refractivity contribution in [2.45, 2.75) is 13.8 Å². The van der Waals surface area contributed by atoms with E-state index in [0.29, 0.717) is 12.5 Å². The summed E-state index contributed by atoms with van der Waals surface area (Å²) in [6.07, 6.45) is 0. The topological polar surface area (TPSA) is 55.0 Å². The number of carbonyl (C=O) groups is 1. The number of rotatable bonds is 2. The lowest BCUT2D eigenvalue weighted by Gasteiger charge is -1.98. The van der Waals surface area contributed by atoms with E-state index in [2.05, 4.69) is 5.32 Å². The monoisotopic (exact) mass is 114 g/mol. The van der Waals surface area contributed by atoms with E-state index in [1.165, 1.54) is 0 Å². The fourth-order valence-corrected chi connectivity index (χ4v) is 0.265. The van der Waals surface area contributed by atoms with E-state index >= 15 is 0 Å². The molecule has 0 aliphatic carbocycles. The Balaban J connectivity index is 3.05. The quantitative estimate of drug-likeness (QED) is 0.520. The van der Waals surface area contributed by atoms with E-state index < -0.39 is 6.03 Å². The summed E-state index contributed by atoms with van der Waals surface area (Å²) < 4.78 is 0. The molecule has 0 atom stereocenters. The van der Waals surface area contributed by atoms with Gasteiger partial charge < -0.3 is 0 Å². The lowest BCUT2D eigenvalue weighted by molar-refractivity contribution is 0.245. The Bertz CT molecular complexity index is 80.5. The van der Waals surface area contributed by atoms with Crippen LogP contribution < -0.4 is 11.1 Å². The van der Waals surface area contributed by atoms with Crippen LogP contribution in [0.3, 0.4) is 0 Å². The normalized spacial score (nSPS) is 9.38. The van der Waals surface area contributed by atoms with Gasteiger partial charge >= 0.3 is 6.03 Å². The van der Waals surface area contributed by atoms with Gasteiger partial charge in [-0.05, 0) is 5.92 Å². The fraction of sp³-hybridized carbons (Fsp3) is 0.800. The summed E-state index contributed by atoms with van der Waals surface area (Å²) >= 11 is 0. The molecular weight excluding hydrogens is 104 g/mol. The second-order valence-electron chi connectivity index (χ2n) is 2.04. The summed E-state index contributed by atoms with van der Waals surface area (Å²) in [5.74, 6) is 0.379. The van der Waals surface area contributed by atoms with E-state index in [9.17, 15) is 4.79 Å². The van der Waals surface area contributed by atoms with Gasteiger partial charge in [-0.2, -0.15) is 0 Å². The van der Waals surface area contributed by atoms with Gasteiger partial charge in [0.2, 0.25) is 0 Å². The average Bonchev–Trinajstić information content (AvgIpc) is 1.61. The van der Waals surface area contributed by atoms with Crippen molar-refractivity contribution >= 4 is 6.03 Å². The summed E-state index contributed by atoms with van der Waals surface area (Å²) in [7, 11) is 0. The van der Waals surface area contributed by atoms with Gasteiger partial charge in [0.15, 0.2) is 0 Å². The minimum absolute atomic E-state index is 0.379. The van der Waals surface area contributed by atoms with Crippen molar-refractivity contribution in [2.24, 2.45) is 5.92 Å². The van der Waals surface area contributed by atoms with Crippen molar-refractivity contribution in [3.05, 3.63) is 0 Å². The van der Waals surface area contributed by atoms with E-state index in [-0.39, 0.29) is 0 Å². The molecule has 2 amide bonds. The first-order valence-corrected chi connectivity index (χ1v) is 2.56. The first-order chi connectivity index (χ1) is 3.63. The molecule has 0 aliphatic rings. The lowest BCUT2D eigenvalue weighted by atomic mass is 10.2. The zero-order valence-corrected chi connectivity index (χ0v) is 5.14. The smallest absolute Gasteiger partial charge is 0.246 e. The third-order valence-electron chi connectivity index (χ3n) is 0.600. The molecule has 1 N–H and O–H groups in total. The van der Waals surface area contributed by atoms with Crippen LogP contribution in [-0.4, -0.2) is 12.6 Å². The van der Waals surface area contributed by atoms with E-state index in [1.54, 1.807) is 0 Å². The van der Waals surface area contributed by atoms with Crippen LogP contribution in [0, 0.1) is 5.92 Å². The van der Waals surface area contributed by atoms with Crippen molar-refractivity contribution in [2.75, 3.05) is 6.54 Å². The van der Waals surface area contributed by atoms with Crippen LogP contribution in [0.2, 0.25) is 0 Å². The van der Waals surface area contributed by atoms with Gasteiger partial charge in [-0.25, -0.2) is 15.8 Å². The highest BCUT2D eigenvalue weighted by atomic mass is 16.2. The lowest BCUT2D eigenvalue weighted by Crippen LogP contribution is -2.18. The molecule has 0 aromatic rings. The van der Waals surface area contributed by atoms with Crippen LogP contribution in [0.15, 0.2) is 0 Å². The standard InChI is InChI=1S/C5H10N2O/c1-4(2)3-7-5(6)8/h4,6H,3H2,1-2H3. The molecule has 0 aromatic carbocycles. The van der Waals surface area contributed by atoms with Crippen molar-refractivity contribution < 1.29 is 4.79 Å². The Hall–Kier alpha value is -0.730. The molecule has 3 nitrogen and oxygen atoms in total. The predicted octanol–water partition coefficient (Wildman–Crippen LogP) is 0.650. The maximum absolute atomic E-state index is 9.85. The summed E-state index contributed by atoms with van der Waals surface area (Å²) in [5.41, 5.74) is 6.37. The fourth-order valence-electron chi connectivity index (χ4n) is 0.265. The van der Waals surface area contributed by atoms with Crippen LogP contribution in [0.1, 0.15) is 13.8 Å². The third-order valence-corrected chi connectivity index (χ3v) is 0.600. The molecule has 0 heterocycles. The molecule has 0 aromatic heterocycles. The first kappa shape index (κ1) is 7.27. The molecule has 0 bridgehead atoms. The zero-order valence-electron chi connectivity index (χ0n) is 5.14. The number of hydrogen-bond acceptors (Lipinski definition) is 1. The number of carbonyl (C=O) groups excluding carboxylic acids is 1.